The van der Waals surface area contributed by atoms with Crippen molar-refractivity contribution in [1.82, 2.24) is 14.5 Å². The van der Waals surface area contributed by atoms with E-state index < -0.39 is 27.9 Å². The molecule has 20 heavy (non-hydrogen) atoms. The maximum Gasteiger partial charge on any atom is 0.317 e. The maximum absolute atomic E-state index is 11.8. The third kappa shape index (κ3) is 4.64. The van der Waals surface area contributed by atoms with E-state index in [-0.39, 0.29) is 18.8 Å². The van der Waals surface area contributed by atoms with Crippen LogP contribution in [0.25, 0.3) is 0 Å². The lowest BCUT2D eigenvalue weighted by molar-refractivity contribution is -0.143. The van der Waals surface area contributed by atoms with E-state index in [0.29, 0.717) is 19.4 Å². The number of aliphatic carboxylic acids is 1. The average molecular weight is 307 g/mol. The highest BCUT2D eigenvalue weighted by Crippen LogP contribution is 2.16. The molecule has 0 aromatic rings. The fraction of sp³-hybridized carbons (Fsp3) is 0.818. The van der Waals surface area contributed by atoms with E-state index >= 15 is 0 Å². The Bertz CT molecular complexity index is 463. The van der Waals surface area contributed by atoms with Crippen molar-refractivity contribution in [2.75, 3.05) is 39.5 Å². The lowest BCUT2D eigenvalue weighted by Gasteiger charge is -2.30. The first-order valence-electron chi connectivity index (χ1n) is 6.40. The molecule has 2 N–H and O–H groups in total. The normalized spacial score (nSPS) is 19.9. The van der Waals surface area contributed by atoms with Gasteiger partial charge in [-0.25, -0.2) is 17.5 Å². The quantitative estimate of drug-likeness (QED) is 0.704. The minimum Gasteiger partial charge on any atom is -0.481 e. The number of piperidine rings is 1. The number of sulfonamides is 1. The lowest BCUT2D eigenvalue weighted by atomic mass is 9.99. The van der Waals surface area contributed by atoms with Gasteiger partial charge in [-0.15, -0.1) is 0 Å². The van der Waals surface area contributed by atoms with Crippen LogP contribution in [0.2, 0.25) is 0 Å². The minimum absolute atomic E-state index is 0.00752. The van der Waals surface area contributed by atoms with Crippen molar-refractivity contribution in [2.24, 2.45) is 5.92 Å². The second-order valence-corrected chi connectivity index (χ2v) is 7.26. The fourth-order valence-electron chi connectivity index (χ4n) is 1.94. The van der Waals surface area contributed by atoms with E-state index in [1.807, 2.05) is 0 Å². The Labute approximate surface area is 118 Å². The number of rotatable bonds is 5. The summed E-state index contributed by atoms with van der Waals surface area (Å²) >= 11 is 0. The molecule has 0 aromatic carbocycles. The van der Waals surface area contributed by atoms with Gasteiger partial charge in [-0.2, -0.15) is 0 Å². The Hall–Kier alpha value is -1.35. The van der Waals surface area contributed by atoms with Gasteiger partial charge < -0.3 is 15.3 Å². The summed E-state index contributed by atoms with van der Waals surface area (Å²) < 4.78 is 24.1. The standard InChI is InChI=1S/C11H21N3O5S/c1-13(2)20(18,19)7-5-12-11(17)14-6-3-4-9(8-14)10(15)16/h9H,3-8H2,1-2H3,(H,12,17)(H,15,16). The summed E-state index contributed by atoms with van der Waals surface area (Å²) in [6.45, 7) is 0.672. The van der Waals surface area contributed by atoms with Crippen molar-refractivity contribution in [2.45, 2.75) is 12.8 Å². The number of nitrogens with zero attached hydrogens (tertiary/aromatic N) is 2. The first kappa shape index (κ1) is 16.7. The molecule has 0 aliphatic carbocycles. The smallest absolute Gasteiger partial charge is 0.317 e. The molecule has 116 valence electrons. The van der Waals surface area contributed by atoms with Crippen molar-refractivity contribution < 1.29 is 23.1 Å². The Kier molecular flexibility index (Phi) is 5.75. The number of carboxylic acids is 1. The summed E-state index contributed by atoms with van der Waals surface area (Å²) in [7, 11) is -0.483. The zero-order valence-corrected chi connectivity index (χ0v) is 12.5. The van der Waals surface area contributed by atoms with Gasteiger partial charge in [0.1, 0.15) is 0 Å². The molecular weight excluding hydrogens is 286 g/mol. The van der Waals surface area contributed by atoms with Gasteiger partial charge in [0.05, 0.1) is 11.7 Å². The number of nitrogens with one attached hydrogen (secondary N) is 1. The highest BCUT2D eigenvalue weighted by atomic mass is 32.2. The average Bonchev–Trinajstić information content (AvgIpc) is 2.38. The number of carbonyl (C=O) groups excluding carboxylic acids is 1. The summed E-state index contributed by atoms with van der Waals surface area (Å²) in [5, 5.41) is 11.4. The number of amides is 2. The Morgan fingerprint density at radius 3 is 2.60 bits per heavy atom. The van der Waals surface area contributed by atoms with Crippen LogP contribution in [-0.2, 0) is 14.8 Å². The van der Waals surface area contributed by atoms with Gasteiger partial charge in [0.2, 0.25) is 10.0 Å². The van der Waals surface area contributed by atoms with Crippen molar-refractivity contribution >= 4 is 22.0 Å². The van der Waals surface area contributed by atoms with Crippen LogP contribution in [0.5, 0.6) is 0 Å². The first-order valence-corrected chi connectivity index (χ1v) is 8.00. The van der Waals surface area contributed by atoms with Crippen molar-refractivity contribution in [1.29, 1.82) is 0 Å². The first-order chi connectivity index (χ1) is 9.24. The van der Waals surface area contributed by atoms with Crippen LogP contribution < -0.4 is 5.32 Å². The number of likely N-dealkylation sites (tertiary alicyclic amines) is 1. The van der Waals surface area contributed by atoms with Crippen LogP contribution in [0, 0.1) is 5.92 Å². The number of hydrogen-bond donors (Lipinski definition) is 2. The molecule has 1 heterocycles. The molecule has 2 amide bonds. The molecule has 8 nitrogen and oxygen atoms in total. The Morgan fingerprint density at radius 1 is 1.40 bits per heavy atom. The monoisotopic (exact) mass is 307 g/mol. The summed E-state index contributed by atoms with van der Waals surface area (Å²) in [6.07, 6.45) is 1.20. The van der Waals surface area contributed by atoms with Gasteiger partial charge in [0.15, 0.2) is 0 Å². The summed E-state index contributed by atoms with van der Waals surface area (Å²) in [5.41, 5.74) is 0. The number of urea groups is 1. The van der Waals surface area contributed by atoms with Crippen LogP contribution in [0.15, 0.2) is 0 Å². The number of hydrogen-bond acceptors (Lipinski definition) is 4. The SMILES string of the molecule is CN(C)S(=O)(=O)CCNC(=O)N1CCCC(C(=O)O)C1. The summed E-state index contributed by atoms with van der Waals surface area (Å²) in [4.78, 5) is 24.2. The second-order valence-electron chi connectivity index (χ2n) is 4.95. The molecule has 0 aromatic heterocycles. The Morgan fingerprint density at radius 2 is 2.05 bits per heavy atom. The highest BCUT2D eigenvalue weighted by Gasteiger charge is 2.28. The molecule has 1 aliphatic heterocycles. The largest absolute Gasteiger partial charge is 0.481 e. The molecule has 1 unspecified atom stereocenters. The topological polar surface area (TPSA) is 107 Å². The second kappa shape index (κ2) is 6.89. The summed E-state index contributed by atoms with van der Waals surface area (Å²) in [5.74, 6) is -1.63. The zero-order chi connectivity index (χ0) is 15.3. The van der Waals surface area contributed by atoms with E-state index in [1.165, 1.54) is 19.0 Å². The van der Waals surface area contributed by atoms with Crippen LogP contribution in [0.1, 0.15) is 12.8 Å². The molecule has 1 aliphatic rings. The van der Waals surface area contributed by atoms with E-state index in [0.717, 1.165) is 4.31 Å². The molecule has 1 atom stereocenters. The predicted octanol–water partition coefficient (Wildman–Crippen LogP) is -0.616. The van der Waals surface area contributed by atoms with Crippen LogP contribution in [0.4, 0.5) is 4.79 Å². The van der Waals surface area contributed by atoms with Crippen LogP contribution in [-0.4, -0.2) is 74.2 Å². The molecule has 1 saturated heterocycles. The van der Waals surface area contributed by atoms with Gasteiger partial charge in [0.25, 0.3) is 0 Å². The Balaban J connectivity index is 2.41. The van der Waals surface area contributed by atoms with E-state index in [4.69, 9.17) is 5.11 Å². The molecular formula is C11H21N3O5S. The van der Waals surface area contributed by atoms with E-state index in [2.05, 4.69) is 5.32 Å². The predicted molar refractivity (Wildman–Crippen MR) is 72.8 cm³/mol. The highest BCUT2D eigenvalue weighted by molar-refractivity contribution is 7.89. The van der Waals surface area contributed by atoms with Crippen molar-refractivity contribution in [3.8, 4) is 0 Å². The molecule has 1 rings (SSSR count). The molecule has 9 heteroatoms. The van der Waals surface area contributed by atoms with E-state index in [9.17, 15) is 18.0 Å². The number of carboxylic acid groups (broad SMARTS) is 1. The van der Waals surface area contributed by atoms with Crippen molar-refractivity contribution in [3.05, 3.63) is 0 Å². The molecule has 0 radical (unpaired) electrons. The number of carbonyl (C=O) groups is 2. The maximum atomic E-state index is 11.8. The lowest BCUT2D eigenvalue weighted by Crippen LogP contribution is -2.48. The summed E-state index contributed by atoms with van der Waals surface area (Å²) in [6, 6.07) is -0.412. The molecule has 0 bridgehead atoms. The van der Waals surface area contributed by atoms with Crippen LogP contribution >= 0.6 is 0 Å². The fourth-order valence-corrected chi connectivity index (χ4v) is 2.67. The van der Waals surface area contributed by atoms with Gasteiger partial charge in [0, 0.05) is 33.7 Å². The van der Waals surface area contributed by atoms with Gasteiger partial charge >= 0.3 is 12.0 Å². The van der Waals surface area contributed by atoms with Crippen molar-refractivity contribution in [3.63, 3.8) is 0 Å². The third-order valence-corrected chi connectivity index (χ3v) is 5.08. The van der Waals surface area contributed by atoms with Gasteiger partial charge in [-0.1, -0.05) is 0 Å². The minimum atomic E-state index is -3.34. The van der Waals surface area contributed by atoms with Crippen LogP contribution in [0.3, 0.4) is 0 Å². The van der Waals surface area contributed by atoms with Gasteiger partial charge in [-0.3, -0.25) is 4.79 Å². The molecule has 1 fully saturated rings. The molecule has 0 spiro atoms. The van der Waals surface area contributed by atoms with E-state index in [1.54, 1.807) is 0 Å². The third-order valence-electron chi connectivity index (χ3n) is 3.25. The van der Waals surface area contributed by atoms with Gasteiger partial charge in [-0.05, 0) is 12.8 Å². The molecule has 0 saturated carbocycles. The zero-order valence-electron chi connectivity index (χ0n) is 11.7.